The molecule has 6 nitrogen and oxygen atoms in total. The van der Waals surface area contributed by atoms with Crippen LogP contribution in [-0.2, 0) is 4.74 Å². The zero-order valence-corrected chi connectivity index (χ0v) is 13.0. The summed E-state index contributed by atoms with van der Waals surface area (Å²) >= 11 is 5.85. The van der Waals surface area contributed by atoms with E-state index >= 15 is 0 Å². The predicted molar refractivity (Wildman–Crippen MR) is 83.4 cm³/mol. The maximum atomic E-state index is 11.0. The molecule has 1 amide bonds. The standard InChI is InChI=1S/C15H16ClN3O3/c1-11(22-15(20)17-2)8-10-21-14-7-9-19(18-14)13-5-3-12(16)4-6-13/h3-9H,10H2,1-2H3,(H,17,20)/b11-8-. The van der Waals surface area contributed by atoms with Gasteiger partial charge in [0.2, 0.25) is 5.88 Å². The number of hydrogen-bond acceptors (Lipinski definition) is 4. The van der Waals surface area contributed by atoms with Crippen molar-refractivity contribution < 1.29 is 14.3 Å². The number of allylic oxidation sites excluding steroid dienone is 1. The van der Waals surface area contributed by atoms with Crippen molar-refractivity contribution in [2.75, 3.05) is 13.7 Å². The van der Waals surface area contributed by atoms with E-state index in [2.05, 4.69) is 10.4 Å². The topological polar surface area (TPSA) is 65.4 Å². The first-order chi connectivity index (χ1) is 10.6. The Kier molecular flexibility index (Phi) is 5.43. The number of carbonyl (C=O) groups excluding carboxylic acids is 1. The van der Waals surface area contributed by atoms with Crippen LogP contribution in [0.25, 0.3) is 5.69 Å². The lowest BCUT2D eigenvalue weighted by atomic mass is 10.3. The first-order valence-electron chi connectivity index (χ1n) is 6.59. The summed E-state index contributed by atoms with van der Waals surface area (Å²) in [5.74, 6) is 0.926. The average molecular weight is 322 g/mol. The second kappa shape index (κ2) is 7.51. The van der Waals surface area contributed by atoms with Gasteiger partial charge in [0.25, 0.3) is 0 Å². The van der Waals surface area contributed by atoms with Crippen LogP contribution in [0, 0.1) is 0 Å². The number of amides is 1. The third-order valence-electron chi connectivity index (χ3n) is 2.72. The maximum absolute atomic E-state index is 11.0. The van der Waals surface area contributed by atoms with E-state index in [-0.39, 0.29) is 6.61 Å². The molecule has 0 bridgehead atoms. The lowest BCUT2D eigenvalue weighted by Gasteiger charge is -2.04. The van der Waals surface area contributed by atoms with Gasteiger partial charge in [-0.2, -0.15) is 0 Å². The molecule has 0 radical (unpaired) electrons. The number of aromatic nitrogens is 2. The number of halogens is 1. The monoisotopic (exact) mass is 321 g/mol. The van der Waals surface area contributed by atoms with Crippen LogP contribution in [0.5, 0.6) is 5.88 Å². The zero-order valence-electron chi connectivity index (χ0n) is 12.2. The Morgan fingerprint density at radius 2 is 2.09 bits per heavy atom. The molecule has 2 aromatic rings. The third kappa shape index (κ3) is 4.53. The molecule has 1 aromatic carbocycles. The fourth-order valence-electron chi connectivity index (χ4n) is 1.61. The molecule has 22 heavy (non-hydrogen) atoms. The molecule has 0 fully saturated rings. The van der Waals surface area contributed by atoms with E-state index in [1.165, 1.54) is 7.05 Å². The first kappa shape index (κ1) is 15.9. The SMILES string of the molecule is CNC(=O)O/C(C)=C\COc1ccn(-c2ccc(Cl)cc2)n1. The number of nitrogens with one attached hydrogen (secondary N) is 1. The van der Waals surface area contributed by atoms with Crippen LogP contribution in [0.1, 0.15) is 6.92 Å². The van der Waals surface area contributed by atoms with Crippen LogP contribution in [-0.4, -0.2) is 29.5 Å². The van der Waals surface area contributed by atoms with Gasteiger partial charge >= 0.3 is 6.09 Å². The normalized spacial score (nSPS) is 11.1. The van der Waals surface area contributed by atoms with E-state index < -0.39 is 6.09 Å². The van der Waals surface area contributed by atoms with Crippen molar-refractivity contribution in [1.82, 2.24) is 15.1 Å². The highest BCUT2D eigenvalue weighted by Gasteiger charge is 2.03. The molecule has 2 rings (SSSR count). The van der Waals surface area contributed by atoms with Crippen molar-refractivity contribution in [3.8, 4) is 11.6 Å². The van der Waals surface area contributed by atoms with E-state index in [1.54, 1.807) is 42.1 Å². The van der Waals surface area contributed by atoms with Crippen LogP contribution in [0.2, 0.25) is 5.02 Å². The van der Waals surface area contributed by atoms with Crippen molar-refractivity contribution in [1.29, 1.82) is 0 Å². The van der Waals surface area contributed by atoms with E-state index in [4.69, 9.17) is 21.1 Å². The van der Waals surface area contributed by atoms with Gasteiger partial charge in [0.1, 0.15) is 12.4 Å². The zero-order chi connectivity index (χ0) is 15.9. The molecule has 1 aromatic heterocycles. The molecule has 0 spiro atoms. The van der Waals surface area contributed by atoms with Crippen molar-refractivity contribution in [2.24, 2.45) is 0 Å². The van der Waals surface area contributed by atoms with Crippen LogP contribution >= 0.6 is 11.6 Å². The van der Waals surface area contributed by atoms with Gasteiger partial charge in [0, 0.05) is 24.3 Å². The summed E-state index contributed by atoms with van der Waals surface area (Å²) in [6, 6.07) is 9.06. The highest BCUT2D eigenvalue weighted by Crippen LogP contribution is 2.15. The van der Waals surface area contributed by atoms with Crippen LogP contribution in [0.4, 0.5) is 4.79 Å². The minimum atomic E-state index is -0.513. The lowest BCUT2D eigenvalue weighted by molar-refractivity contribution is 0.177. The van der Waals surface area contributed by atoms with E-state index in [0.717, 1.165) is 5.69 Å². The Morgan fingerprint density at radius 3 is 2.77 bits per heavy atom. The number of alkyl carbamates (subject to hydrolysis) is 1. The van der Waals surface area contributed by atoms with Gasteiger partial charge in [-0.15, -0.1) is 5.10 Å². The molecule has 7 heteroatoms. The Morgan fingerprint density at radius 1 is 1.36 bits per heavy atom. The molecule has 1 heterocycles. The van der Waals surface area contributed by atoms with Gasteiger partial charge in [-0.25, -0.2) is 9.48 Å². The van der Waals surface area contributed by atoms with Crippen LogP contribution in [0.3, 0.4) is 0 Å². The average Bonchev–Trinajstić information content (AvgIpc) is 2.96. The van der Waals surface area contributed by atoms with E-state index in [0.29, 0.717) is 16.7 Å². The maximum Gasteiger partial charge on any atom is 0.411 e. The van der Waals surface area contributed by atoms with Gasteiger partial charge < -0.3 is 14.8 Å². The summed E-state index contributed by atoms with van der Waals surface area (Å²) in [6.45, 7) is 1.92. The van der Waals surface area contributed by atoms with Gasteiger partial charge in [-0.3, -0.25) is 0 Å². The summed E-state index contributed by atoms with van der Waals surface area (Å²) in [6.07, 6.45) is 2.92. The Balaban J connectivity index is 1.91. The summed E-state index contributed by atoms with van der Waals surface area (Å²) in [4.78, 5) is 11.0. The molecule has 0 aliphatic heterocycles. The minimum Gasteiger partial charge on any atom is -0.472 e. The highest BCUT2D eigenvalue weighted by molar-refractivity contribution is 6.30. The van der Waals surface area contributed by atoms with Gasteiger partial charge in [-0.05, 0) is 37.3 Å². The van der Waals surface area contributed by atoms with Crippen molar-refractivity contribution >= 4 is 17.7 Å². The van der Waals surface area contributed by atoms with Crippen molar-refractivity contribution in [3.63, 3.8) is 0 Å². The molecule has 1 N–H and O–H groups in total. The number of ether oxygens (including phenoxy) is 2. The van der Waals surface area contributed by atoms with Crippen LogP contribution in [0.15, 0.2) is 48.4 Å². The minimum absolute atomic E-state index is 0.250. The smallest absolute Gasteiger partial charge is 0.411 e. The summed E-state index contributed by atoms with van der Waals surface area (Å²) in [5.41, 5.74) is 0.883. The lowest BCUT2D eigenvalue weighted by Crippen LogP contribution is -2.18. The number of hydrogen-bond donors (Lipinski definition) is 1. The molecule has 0 saturated heterocycles. The Hall–Kier alpha value is -2.47. The number of rotatable bonds is 5. The quantitative estimate of drug-likeness (QED) is 0.859. The molecule has 0 aliphatic rings. The van der Waals surface area contributed by atoms with E-state index in [9.17, 15) is 4.79 Å². The molecule has 0 saturated carbocycles. The number of carbonyl (C=O) groups is 1. The second-order valence-corrected chi connectivity index (χ2v) is 4.78. The fourth-order valence-corrected chi connectivity index (χ4v) is 1.73. The van der Waals surface area contributed by atoms with E-state index in [1.807, 2.05) is 12.1 Å². The Labute approximate surface area is 133 Å². The van der Waals surface area contributed by atoms with Crippen LogP contribution < -0.4 is 10.1 Å². The summed E-state index contributed by atoms with van der Waals surface area (Å²) in [5, 5.41) is 7.32. The second-order valence-electron chi connectivity index (χ2n) is 4.34. The Bertz CT molecular complexity index is 665. The molecule has 0 aliphatic carbocycles. The summed E-state index contributed by atoms with van der Waals surface area (Å²) in [7, 11) is 1.50. The first-order valence-corrected chi connectivity index (χ1v) is 6.97. The van der Waals surface area contributed by atoms with Crippen molar-refractivity contribution in [3.05, 3.63) is 53.4 Å². The number of nitrogens with zero attached hydrogens (tertiary/aromatic N) is 2. The van der Waals surface area contributed by atoms with Gasteiger partial charge in [0.05, 0.1) is 5.69 Å². The molecular weight excluding hydrogens is 306 g/mol. The fraction of sp³-hybridized carbons (Fsp3) is 0.200. The van der Waals surface area contributed by atoms with Crippen molar-refractivity contribution in [2.45, 2.75) is 6.92 Å². The molecule has 0 unspecified atom stereocenters. The molecular formula is C15H16ClN3O3. The van der Waals surface area contributed by atoms with Gasteiger partial charge in [0.15, 0.2) is 0 Å². The highest BCUT2D eigenvalue weighted by atomic mass is 35.5. The van der Waals surface area contributed by atoms with Gasteiger partial charge in [-0.1, -0.05) is 11.6 Å². The molecule has 0 atom stereocenters. The third-order valence-corrected chi connectivity index (χ3v) is 2.97. The molecule has 116 valence electrons. The largest absolute Gasteiger partial charge is 0.472 e. The predicted octanol–water partition coefficient (Wildman–Crippen LogP) is 3.16. The summed E-state index contributed by atoms with van der Waals surface area (Å²) < 4.78 is 12.1. The number of benzene rings is 1.